The van der Waals surface area contributed by atoms with Gasteiger partial charge in [-0.1, -0.05) is 42.1 Å². The Bertz CT molecular complexity index is 973. The predicted octanol–water partition coefficient (Wildman–Crippen LogP) is 4.18. The van der Waals surface area contributed by atoms with Crippen molar-refractivity contribution in [2.24, 2.45) is 0 Å². The van der Waals surface area contributed by atoms with Crippen LogP contribution in [0.1, 0.15) is 29.0 Å². The van der Waals surface area contributed by atoms with Crippen LogP contribution < -0.4 is 5.32 Å². The highest BCUT2D eigenvalue weighted by Crippen LogP contribution is 2.23. The first-order valence-electron chi connectivity index (χ1n) is 9.93. The Morgan fingerprint density at radius 1 is 1.17 bits per heavy atom. The lowest BCUT2D eigenvalue weighted by Gasteiger charge is -2.15. The molecule has 0 amide bonds. The van der Waals surface area contributed by atoms with Gasteiger partial charge < -0.3 is 14.6 Å². The highest BCUT2D eigenvalue weighted by molar-refractivity contribution is 7.99. The number of aromatic nitrogens is 3. The lowest BCUT2D eigenvalue weighted by atomic mass is 10.2. The number of hydrogen-bond acceptors (Lipinski definition) is 6. The number of nitrogens with one attached hydrogen (secondary N) is 1. The fourth-order valence-corrected chi connectivity index (χ4v) is 4.18. The lowest BCUT2D eigenvalue weighted by molar-refractivity contribution is 0.0942. The molecule has 1 aliphatic rings. The van der Waals surface area contributed by atoms with Crippen LogP contribution in [0.4, 0.5) is 10.1 Å². The van der Waals surface area contributed by atoms with Gasteiger partial charge in [0.25, 0.3) is 0 Å². The van der Waals surface area contributed by atoms with Crippen molar-refractivity contribution in [3.63, 3.8) is 0 Å². The summed E-state index contributed by atoms with van der Waals surface area (Å²) in [6.07, 6.45) is 2.16. The van der Waals surface area contributed by atoms with Crippen LogP contribution in [0, 0.1) is 5.82 Å². The molecule has 0 radical (unpaired) electrons. The second kappa shape index (κ2) is 9.86. The molecule has 1 atom stereocenters. The van der Waals surface area contributed by atoms with Crippen molar-refractivity contribution >= 4 is 23.2 Å². The average molecular weight is 427 g/mol. The molecule has 30 heavy (non-hydrogen) atoms. The normalized spacial score (nSPS) is 16.0. The molecule has 1 saturated heterocycles. The maximum Gasteiger partial charge on any atom is 0.191 e. The molecule has 1 N–H and O–H groups in total. The van der Waals surface area contributed by atoms with Crippen molar-refractivity contribution in [3.05, 3.63) is 71.8 Å². The van der Waals surface area contributed by atoms with Crippen LogP contribution in [0.25, 0.3) is 0 Å². The third kappa shape index (κ3) is 5.25. The fraction of sp³-hybridized carbons (Fsp3) is 0.318. The monoisotopic (exact) mass is 426 g/mol. The van der Waals surface area contributed by atoms with Crippen molar-refractivity contribution in [1.82, 2.24) is 14.8 Å². The van der Waals surface area contributed by atoms with E-state index >= 15 is 0 Å². The van der Waals surface area contributed by atoms with Gasteiger partial charge in [0.2, 0.25) is 0 Å². The summed E-state index contributed by atoms with van der Waals surface area (Å²) in [7, 11) is 0. The summed E-state index contributed by atoms with van der Waals surface area (Å²) >= 11 is 1.38. The van der Waals surface area contributed by atoms with Crippen LogP contribution in [0.15, 0.2) is 59.8 Å². The first kappa shape index (κ1) is 20.6. The highest BCUT2D eigenvalue weighted by atomic mass is 32.2. The minimum atomic E-state index is -0.274. The third-order valence-electron chi connectivity index (χ3n) is 4.93. The highest BCUT2D eigenvalue weighted by Gasteiger charge is 2.21. The van der Waals surface area contributed by atoms with E-state index in [4.69, 9.17) is 4.74 Å². The number of benzene rings is 2. The van der Waals surface area contributed by atoms with Gasteiger partial charge in [-0.05, 0) is 37.1 Å². The van der Waals surface area contributed by atoms with Gasteiger partial charge in [0.1, 0.15) is 5.82 Å². The van der Waals surface area contributed by atoms with Crippen molar-refractivity contribution in [2.45, 2.75) is 37.2 Å². The largest absolute Gasteiger partial charge is 0.378 e. The third-order valence-corrected chi connectivity index (χ3v) is 5.89. The molecule has 2 heterocycles. The summed E-state index contributed by atoms with van der Waals surface area (Å²) in [5, 5.41) is 12.6. The molecule has 1 aromatic heterocycles. The maximum atomic E-state index is 13.1. The van der Waals surface area contributed by atoms with Crippen LogP contribution in [0.2, 0.25) is 0 Å². The van der Waals surface area contributed by atoms with Gasteiger partial charge in [-0.25, -0.2) is 4.39 Å². The van der Waals surface area contributed by atoms with Crippen LogP contribution in [-0.2, 0) is 17.8 Å². The van der Waals surface area contributed by atoms with Crippen molar-refractivity contribution in [1.29, 1.82) is 0 Å². The predicted molar refractivity (Wildman–Crippen MR) is 114 cm³/mol. The number of carbonyl (C=O) groups excluding carboxylic acids is 1. The number of halogens is 1. The van der Waals surface area contributed by atoms with Crippen LogP contribution in [-0.4, -0.2) is 39.0 Å². The second-order valence-corrected chi connectivity index (χ2v) is 8.03. The van der Waals surface area contributed by atoms with E-state index in [0.29, 0.717) is 29.6 Å². The number of thioether (sulfide) groups is 1. The Labute approximate surface area is 178 Å². The average Bonchev–Trinajstić information content (AvgIpc) is 3.43. The molecule has 6 nitrogen and oxygen atoms in total. The number of ketones is 1. The smallest absolute Gasteiger partial charge is 0.191 e. The SMILES string of the molecule is O=C(CSc1nnc(CNc2ccc(F)cc2)n1C[C@@H]1CCCO1)c1ccccc1. The Morgan fingerprint density at radius 3 is 2.70 bits per heavy atom. The summed E-state index contributed by atoms with van der Waals surface area (Å²) in [4.78, 5) is 12.5. The number of rotatable bonds is 9. The summed E-state index contributed by atoms with van der Waals surface area (Å²) in [5.41, 5.74) is 1.49. The number of carbonyl (C=O) groups is 1. The van der Waals surface area contributed by atoms with E-state index in [1.165, 1.54) is 23.9 Å². The Hall–Kier alpha value is -2.71. The molecule has 2 aromatic carbocycles. The zero-order chi connectivity index (χ0) is 20.8. The zero-order valence-corrected chi connectivity index (χ0v) is 17.3. The molecule has 0 bridgehead atoms. The lowest BCUT2D eigenvalue weighted by Crippen LogP contribution is -2.19. The molecule has 4 rings (SSSR count). The number of hydrogen-bond donors (Lipinski definition) is 1. The van der Waals surface area contributed by atoms with E-state index in [1.807, 2.05) is 34.9 Å². The van der Waals surface area contributed by atoms with Crippen molar-refractivity contribution in [2.75, 3.05) is 17.7 Å². The molecule has 0 unspecified atom stereocenters. The van der Waals surface area contributed by atoms with Gasteiger partial charge in [0.15, 0.2) is 16.8 Å². The Balaban J connectivity index is 1.46. The summed E-state index contributed by atoms with van der Waals surface area (Å²) in [6, 6.07) is 15.4. The number of nitrogens with zero attached hydrogens (tertiary/aromatic N) is 3. The first-order valence-corrected chi connectivity index (χ1v) is 10.9. The molecule has 0 spiro atoms. The second-order valence-electron chi connectivity index (χ2n) is 7.08. The van der Waals surface area contributed by atoms with E-state index in [0.717, 1.165) is 31.0 Å². The standard InChI is InChI=1S/C22H23FN4O2S/c23-17-8-10-18(11-9-17)24-13-21-25-26-22(27(21)14-19-7-4-12-29-19)30-15-20(28)16-5-2-1-3-6-16/h1-3,5-6,8-11,19,24H,4,7,12-15H2/t19-/m0/s1. The van der Waals surface area contributed by atoms with Crippen LogP contribution in [0.3, 0.4) is 0 Å². The maximum absolute atomic E-state index is 13.1. The summed E-state index contributed by atoms with van der Waals surface area (Å²) in [6.45, 7) is 1.86. The first-order chi connectivity index (χ1) is 14.7. The number of anilines is 1. The summed E-state index contributed by atoms with van der Waals surface area (Å²) < 4.78 is 20.9. The topological polar surface area (TPSA) is 69.0 Å². The number of Topliss-reactive ketones (excluding diaryl/α,β-unsaturated/α-hetero) is 1. The van der Waals surface area contributed by atoms with E-state index in [1.54, 1.807) is 12.1 Å². The van der Waals surface area contributed by atoms with Gasteiger partial charge >= 0.3 is 0 Å². The molecule has 1 aliphatic heterocycles. The minimum absolute atomic E-state index is 0.0539. The fourth-order valence-electron chi connectivity index (χ4n) is 3.32. The van der Waals surface area contributed by atoms with Crippen molar-refractivity contribution in [3.8, 4) is 0 Å². The molecule has 156 valence electrons. The zero-order valence-electron chi connectivity index (χ0n) is 16.5. The molecule has 0 aliphatic carbocycles. The molecule has 8 heteroatoms. The van der Waals surface area contributed by atoms with Crippen molar-refractivity contribution < 1.29 is 13.9 Å². The quantitative estimate of drug-likeness (QED) is 0.409. The molecular formula is C22H23FN4O2S. The van der Waals surface area contributed by atoms with Gasteiger partial charge in [-0.3, -0.25) is 4.79 Å². The van der Waals surface area contributed by atoms with Gasteiger partial charge in [0.05, 0.1) is 24.9 Å². The van der Waals surface area contributed by atoms with Gasteiger partial charge in [-0.2, -0.15) is 0 Å². The van der Waals surface area contributed by atoms with E-state index in [2.05, 4.69) is 15.5 Å². The number of ether oxygens (including phenoxy) is 1. The van der Waals surface area contributed by atoms with Crippen LogP contribution >= 0.6 is 11.8 Å². The Morgan fingerprint density at radius 2 is 1.97 bits per heavy atom. The van der Waals surface area contributed by atoms with Crippen LogP contribution in [0.5, 0.6) is 0 Å². The van der Waals surface area contributed by atoms with E-state index < -0.39 is 0 Å². The summed E-state index contributed by atoms with van der Waals surface area (Å²) in [5.74, 6) is 0.825. The molecular weight excluding hydrogens is 403 g/mol. The van der Waals surface area contributed by atoms with Gasteiger partial charge in [0, 0.05) is 17.9 Å². The Kier molecular flexibility index (Phi) is 6.76. The minimum Gasteiger partial charge on any atom is -0.378 e. The van der Waals surface area contributed by atoms with E-state index in [9.17, 15) is 9.18 Å². The van der Waals surface area contributed by atoms with Gasteiger partial charge in [-0.15, -0.1) is 10.2 Å². The molecule has 1 fully saturated rings. The molecule has 0 saturated carbocycles. The van der Waals surface area contributed by atoms with E-state index in [-0.39, 0.29) is 17.7 Å². The molecule has 3 aromatic rings.